The molecule has 0 spiro atoms. The highest BCUT2D eigenvalue weighted by atomic mass is 32.2. The molecule has 0 atom stereocenters. The van der Waals surface area contributed by atoms with Gasteiger partial charge in [0.1, 0.15) is 11.4 Å². The van der Waals surface area contributed by atoms with Gasteiger partial charge in [0.15, 0.2) is 0 Å². The van der Waals surface area contributed by atoms with Crippen molar-refractivity contribution >= 4 is 15.6 Å². The molecule has 0 saturated heterocycles. The van der Waals surface area contributed by atoms with Crippen molar-refractivity contribution in [1.82, 2.24) is 14.1 Å². The molecule has 0 fully saturated rings. The molecule has 26 heavy (non-hydrogen) atoms. The minimum absolute atomic E-state index is 0.281. The Morgan fingerprint density at radius 1 is 1.23 bits per heavy atom. The minimum atomic E-state index is -3.51. The van der Waals surface area contributed by atoms with Crippen molar-refractivity contribution in [1.29, 1.82) is 0 Å². The second kappa shape index (κ2) is 5.96. The molecule has 0 aliphatic carbocycles. The number of hydrogen-bond acceptors (Lipinski definition) is 4. The molecule has 0 bridgehead atoms. The Morgan fingerprint density at radius 3 is 2.69 bits per heavy atom. The summed E-state index contributed by atoms with van der Waals surface area (Å²) < 4.78 is 35.3. The Labute approximate surface area is 154 Å². The standard InChI is InChI=1S/C19H23N3O3S/c1-19(2)13-15-12-16(4-5-18(15)25-19)26(23,24)22-10-7-14(8-11-22)17-6-9-20-21(17)3/h4-7,9,12H,8,10-11,13H2,1-3H3. The number of benzene rings is 1. The topological polar surface area (TPSA) is 64.4 Å². The minimum Gasteiger partial charge on any atom is -0.487 e. The van der Waals surface area contributed by atoms with Gasteiger partial charge in [0, 0.05) is 32.8 Å². The van der Waals surface area contributed by atoms with E-state index < -0.39 is 10.0 Å². The summed E-state index contributed by atoms with van der Waals surface area (Å²) in [5.74, 6) is 0.783. The third-order valence-corrected chi connectivity index (χ3v) is 6.86. The van der Waals surface area contributed by atoms with E-state index >= 15 is 0 Å². The lowest BCUT2D eigenvalue weighted by Gasteiger charge is -2.26. The molecule has 6 nitrogen and oxygen atoms in total. The summed E-state index contributed by atoms with van der Waals surface area (Å²) >= 11 is 0. The second-order valence-electron chi connectivity index (χ2n) is 7.49. The first-order valence-corrected chi connectivity index (χ1v) is 10.2. The van der Waals surface area contributed by atoms with Crippen molar-refractivity contribution in [3.05, 3.63) is 47.8 Å². The maximum atomic E-state index is 13.0. The van der Waals surface area contributed by atoms with Gasteiger partial charge in [-0.3, -0.25) is 4.68 Å². The first-order valence-electron chi connectivity index (χ1n) is 8.76. The number of ether oxygens (including phenoxy) is 1. The Bertz CT molecular complexity index is 989. The summed E-state index contributed by atoms with van der Waals surface area (Å²) in [5, 5.41) is 4.18. The van der Waals surface area contributed by atoms with Crippen LogP contribution >= 0.6 is 0 Å². The van der Waals surface area contributed by atoms with Gasteiger partial charge in [-0.15, -0.1) is 0 Å². The number of rotatable bonds is 3. The van der Waals surface area contributed by atoms with Crippen LogP contribution in [0.1, 0.15) is 31.5 Å². The zero-order valence-corrected chi connectivity index (χ0v) is 16.1. The van der Waals surface area contributed by atoms with Crippen LogP contribution in [-0.4, -0.2) is 41.2 Å². The molecule has 0 unspecified atom stereocenters. The van der Waals surface area contributed by atoms with E-state index in [4.69, 9.17) is 4.74 Å². The van der Waals surface area contributed by atoms with E-state index in [2.05, 4.69) is 5.10 Å². The van der Waals surface area contributed by atoms with Crippen LogP contribution in [0.4, 0.5) is 0 Å². The lowest BCUT2D eigenvalue weighted by atomic mass is 10.0. The Hall–Kier alpha value is -2.12. The number of sulfonamides is 1. The highest BCUT2D eigenvalue weighted by Crippen LogP contribution is 2.36. The van der Waals surface area contributed by atoms with Gasteiger partial charge < -0.3 is 4.74 Å². The molecule has 4 rings (SSSR count). The van der Waals surface area contributed by atoms with Crippen LogP contribution in [0.2, 0.25) is 0 Å². The van der Waals surface area contributed by atoms with E-state index in [9.17, 15) is 8.42 Å². The molecule has 0 saturated carbocycles. The summed E-state index contributed by atoms with van der Waals surface area (Å²) in [6.45, 7) is 4.87. The molecule has 0 N–H and O–H groups in total. The molecule has 0 radical (unpaired) electrons. The van der Waals surface area contributed by atoms with E-state index in [1.165, 1.54) is 4.31 Å². The summed E-state index contributed by atoms with van der Waals surface area (Å²) in [7, 11) is -1.62. The van der Waals surface area contributed by atoms with Gasteiger partial charge in [-0.1, -0.05) is 6.08 Å². The molecular formula is C19H23N3O3S. The highest BCUT2D eigenvalue weighted by Gasteiger charge is 2.33. The zero-order valence-electron chi connectivity index (χ0n) is 15.3. The number of aromatic nitrogens is 2. The Balaban J connectivity index is 1.57. The fourth-order valence-electron chi connectivity index (χ4n) is 3.69. The summed E-state index contributed by atoms with van der Waals surface area (Å²) in [4.78, 5) is 0.343. The Kier molecular flexibility index (Phi) is 3.96. The van der Waals surface area contributed by atoms with Crippen LogP contribution in [0.25, 0.3) is 5.57 Å². The predicted molar refractivity (Wildman–Crippen MR) is 99.4 cm³/mol. The van der Waals surface area contributed by atoms with Crippen LogP contribution < -0.4 is 4.74 Å². The van der Waals surface area contributed by atoms with Crippen molar-refractivity contribution in [3.8, 4) is 5.75 Å². The number of aryl methyl sites for hydroxylation is 1. The first kappa shape index (κ1) is 17.3. The lowest BCUT2D eigenvalue weighted by molar-refractivity contribution is 0.138. The van der Waals surface area contributed by atoms with Gasteiger partial charge in [-0.25, -0.2) is 8.42 Å². The largest absolute Gasteiger partial charge is 0.487 e. The average molecular weight is 373 g/mol. The second-order valence-corrected chi connectivity index (χ2v) is 9.43. The van der Waals surface area contributed by atoms with Gasteiger partial charge in [0.25, 0.3) is 0 Å². The molecule has 2 aliphatic heterocycles. The highest BCUT2D eigenvalue weighted by molar-refractivity contribution is 7.89. The first-order chi connectivity index (χ1) is 12.3. The van der Waals surface area contributed by atoms with Gasteiger partial charge in [-0.05, 0) is 55.7 Å². The zero-order chi connectivity index (χ0) is 18.5. The van der Waals surface area contributed by atoms with E-state index in [-0.39, 0.29) is 5.60 Å². The van der Waals surface area contributed by atoms with Gasteiger partial charge >= 0.3 is 0 Å². The van der Waals surface area contributed by atoms with Crippen LogP contribution in [0.3, 0.4) is 0 Å². The van der Waals surface area contributed by atoms with Crippen molar-refractivity contribution in [3.63, 3.8) is 0 Å². The molecule has 3 heterocycles. The van der Waals surface area contributed by atoms with Gasteiger partial charge in [0.2, 0.25) is 10.0 Å². The van der Waals surface area contributed by atoms with E-state index in [0.29, 0.717) is 24.4 Å². The molecule has 7 heteroatoms. The fourth-order valence-corrected chi connectivity index (χ4v) is 5.12. The van der Waals surface area contributed by atoms with E-state index in [1.54, 1.807) is 24.4 Å². The normalized spacial score (nSPS) is 19.7. The predicted octanol–water partition coefficient (Wildman–Crippen LogP) is 2.61. The Morgan fingerprint density at radius 2 is 2.04 bits per heavy atom. The third kappa shape index (κ3) is 2.95. The van der Waals surface area contributed by atoms with Crippen LogP contribution in [-0.2, 0) is 23.5 Å². The molecular weight excluding hydrogens is 350 g/mol. The fraction of sp³-hybridized carbons (Fsp3) is 0.421. The lowest BCUT2D eigenvalue weighted by Crippen LogP contribution is -2.34. The average Bonchev–Trinajstić information content (AvgIpc) is 3.15. The van der Waals surface area contributed by atoms with Crippen LogP contribution in [0, 0.1) is 0 Å². The quantitative estimate of drug-likeness (QED) is 0.830. The summed E-state index contributed by atoms with van der Waals surface area (Å²) in [5.41, 5.74) is 2.86. The van der Waals surface area contributed by atoms with Crippen molar-refractivity contribution < 1.29 is 13.2 Å². The third-order valence-electron chi connectivity index (χ3n) is 4.99. The molecule has 2 aliphatic rings. The van der Waals surface area contributed by atoms with E-state index in [1.807, 2.05) is 37.7 Å². The molecule has 1 aromatic heterocycles. The maximum Gasteiger partial charge on any atom is 0.243 e. The number of fused-ring (bicyclic) bond motifs is 1. The molecule has 1 aromatic carbocycles. The summed E-state index contributed by atoms with van der Waals surface area (Å²) in [6.07, 6.45) is 5.14. The van der Waals surface area contributed by atoms with Crippen LogP contribution in [0.15, 0.2) is 41.4 Å². The SMILES string of the molecule is Cn1nccc1C1=CCN(S(=O)(=O)c2ccc3c(c2)CC(C)(C)O3)CC1. The van der Waals surface area contributed by atoms with Gasteiger partial charge in [0.05, 0.1) is 10.6 Å². The molecule has 0 amide bonds. The van der Waals surface area contributed by atoms with Crippen LogP contribution in [0.5, 0.6) is 5.75 Å². The molecule has 2 aromatic rings. The maximum absolute atomic E-state index is 13.0. The number of hydrogen-bond donors (Lipinski definition) is 0. The van der Waals surface area contributed by atoms with Crippen molar-refractivity contribution in [2.24, 2.45) is 7.05 Å². The van der Waals surface area contributed by atoms with Crippen molar-refractivity contribution in [2.45, 2.75) is 37.2 Å². The van der Waals surface area contributed by atoms with Gasteiger partial charge in [-0.2, -0.15) is 9.40 Å². The number of nitrogens with zero attached hydrogens (tertiary/aromatic N) is 3. The smallest absolute Gasteiger partial charge is 0.243 e. The monoisotopic (exact) mass is 373 g/mol. The van der Waals surface area contributed by atoms with E-state index in [0.717, 1.165) is 29.0 Å². The molecule has 138 valence electrons. The van der Waals surface area contributed by atoms with Crippen molar-refractivity contribution in [2.75, 3.05) is 13.1 Å². The summed E-state index contributed by atoms with van der Waals surface area (Å²) in [6, 6.07) is 7.14.